The van der Waals surface area contributed by atoms with Crippen molar-refractivity contribution in [3.8, 4) is 0 Å². The second kappa shape index (κ2) is 2.59. The SMILES string of the molecule is On1c(Br)nc(Br)c1Br. The van der Waals surface area contributed by atoms with E-state index in [0.29, 0.717) is 13.9 Å². The number of imidazole rings is 1. The Morgan fingerprint density at radius 2 is 1.89 bits per heavy atom. The van der Waals surface area contributed by atoms with Gasteiger partial charge in [0.1, 0.15) is 4.60 Å². The minimum absolute atomic E-state index is 0.362. The first-order valence-corrected chi connectivity index (χ1v) is 4.29. The van der Waals surface area contributed by atoms with E-state index in [9.17, 15) is 0 Å². The minimum Gasteiger partial charge on any atom is -0.425 e. The first kappa shape index (κ1) is 7.56. The van der Waals surface area contributed by atoms with Crippen LogP contribution in [0, 0.1) is 0 Å². The molecule has 0 saturated carbocycles. The van der Waals surface area contributed by atoms with E-state index in [-0.39, 0.29) is 0 Å². The monoisotopic (exact) mass is 318 g/mol. The fraction of sp³-hybridized carbons (Fsp3) is 0. The summed E-state index contributed by atoms with van der Waals surface area (Å²) >= 11 is 9.18. The summed E-state index contributed by atoms with van der Waals surface area (Å²) in [5, 5.41) is 8.96. The Hall–Kier alpha value is 0.450. The van der Waals surface area contributed by atoms with E-state index in [1.54, 1.807) is 0 Å². The first-order valence-electron chi connectivity index (χ1n) is 1.91. The lowest BCUT2D eigenvalue weighted by molar-refractivity contribution is 0.172. The van der Waals surface area contributed by atoms with Gasteiger partial charge in [-0.1, -0.05) is 0 Å². The molecule has 1 aromatic heterocycles. The lowest BCUT2D eigenvalue weighted by Gasteiger charge is -1.89. The van der Waals surface area contributed by atoms with E-state index in [2.05, 4.69) is 52.8 Å². The molecule has 1 aromatic rings. The van der Waals surface area contributed by atoms with Crippen molar-refractivity contribution >= 4 is 47.8 Å². The molecule has 9 heavy (non-hydrogen) atoms. The molecule has 0 spiro atoms. The summed E-state index contributed by atoms with van der Waals surface area (Å²) in [5.74, 6) is 0. The number of nitrogens with zero attached hydrogens (tertiary/aromatic N) is 2. The van der Waals surface area contributed by atoms with E-state index in [0.717, 1.165) is 4.73 Å². The number of aromatic nitrogens is 2. The Morgan fingerprint density at radius 1 is 1.33 bits per heavy atom. The molecule has 0 aliphatic heterocycles. The highest BCUT2D eigenvalue weighted by atomic mass is 79.9. The van der Waals surface area contributed by atoms with Crippen LogP contribution in [0.5, 0.6) is 0 Å². The summed E-state index contributed by atoms with van der Waals surface area (Å²) in [7, 11) is 0. The maximum Gasteiger partial charge on any atom is 0.213 e. The van der Waals surface area contributed by atoms with E-state index in [1.807, 2.05) is 0 Å². The molecule has 1 heterocycles. The maximum absolute atomic E-state index is 8.96. The number of halogens is 3. The van der Waals surface area contributed by atoms with Crippen LogP contribution in [0.4, 0.5) is 0 Å². The van der Waals surface area contributed by atoms with Crippen LogP contribution in [0.15, 0.2) is 13.9 Å². The van der Waals surface area contributed by atoms with Crippen molar-refractivity contribution in [2.75, 3.05) is 0 Å². The topological polar surface area (TPSA) is 38.0 Å². The Morgan fingerprint density at radius 3 is 2.00 bits per heavy atom. The standard InChI is InChI=1S/C3HBr3N2O/c4-1-2(5)8(9)3(6)7-1/h9H. The predicted octanol–water partition coefficient (Wildman–Crippen LogP) is 2.41. The molecule has 0 unspecified atom stereocenters. The number of hydrogen-bond donors (Lipinski definition) is 1. The third kappa shape index (κ3) is 1.30. The van der Waals surface area contributed by atoms with Crippen molar-refractivity contribution in [2.24, 2.45) is 0 Å². The molecule has 0 radical (unpaired) electrons. The summed E-state index contributed by atoms with van der Waals surface area (Å²) in [5.41, 5.74) is 0. The van der Waals surface area contributed by atoms with Gasteiger partial charge in [-0.05, 0) is 47.8 Å². The molecule has 0 aromatic carbocycles. The second-order valence-electron chi connectivity index (χ2n) is 1.27. The van der Waals surface area contributed by atoms with Crippen LogP contribution >= 0.6 is 47.8 Å². The Kier molecular flexibility index (Phi) is 2.18. The lowest BCUT2D eigenvalue weighted by Crippen LogP contribution is -1.88. The fourth-order valence-electron chi connectivity index (χ4n) is 0.343. The van der Waals surface area contributed by atoms with Crippen molar-refractivity contribution in [1.82, 2.24) is 9.71 Å². The van der Waals surface area contributed by atoms with E-state index in [4.69, 9.17) is 5.21 Å². The molecule has 0 bridgehead atoms. The zero-order chi connectivity index (χ0) is 7.02. The lowest BCUT2D eigenvalue weighted by atomic mass is 11.0. The van der Waals surface area contributed by atoms with Gasteiger partial charge < -0.3 is 5.21 Å². The molecule has 6 heteroatoms. The molecule has 1 N–H and O–H groups in total. The van der Waals surface area contributed by atoms with Crippen LogP contribution in [-0.2, 0) is 0 Å². The van der Waals surface area contributed by atoms with Gasteiger partial charge in [0.05, 0.1) is 0 Å². The molecule has 0 atom stereocenters. The summed E-state index contributed by atoms with van der Waals surface area (Å²) in [4.78, 5) is 3.81. The highest BCUT2D eigenvalue weighted by molar-refractivity contribution is 9.13. The van der Waals surface area contributed by atoms with Gasteiger partial charge >= 0.3 is 0 Å². The Labute approximate surface area is 76.4 Å². The van der Waals surface area contributed by atoms with Gasteiger partial charge in [0, 0.05) is 0 Å². The smallest absolute Gasteiger partial charge is 0.213 e. The summed E-state index contributed by atoms with van der Waals surface area (Å²) in [6.07, 6.45) is 0. The van der Waals surface area contributed by atoms with Crippen LogP contribution in [0.25, 0.3) is 0 Å². The van der Waals surface area contributed by atoms with Gasteiger partial charge in [0.15, 0.2) is 4.60 Å². The average molecular weight is 321 g/mol. The molecule has 0 fully saturated rings. The summed E-state index contributed by atoms with van der Waals surface area (Å²) in [6, 6.07) is 0. The molecule has 0 amide bonds. The number of hydrogen-bond acceptors (Lipinski definition) is 2. The third-order valence-corrected chi connectivity index (χ3v) is 3.03. The quantitative estimate of drug-likeness (QED) is 0.746. The second-order valence-corrected chi connectivity index (χ2v) is 3.49. The van der Waals surface area contributed by atoms with Crippen molar-refractivity contribution < 1.29 is 5.21 Å². The van der Waals surface area contributed by atoms with E-state index in [1.165, 1.54) is 0 Å². The fourth-order valence-corrected chi connectivity index (χ4v) is 1.77. The van der Waals surface area contributed by atoms with Gasteiger partial charge in [-0.3, -0.25) is 0 Å². The van der Waals surface area contributed by atoms with Crippen LogP contribution in [0.1, 0.15) is 0 Å². The van der Waals surface area contributed by atoms with Gasteiger partial charge in [-0.25, -0.2) is 4.98 Å². The van der Waals surface area contributed by atoms with Crippen molar-refractivity contribution in [2.45, 2.75) is 0 Å². The third-order valence-electron chi connectivity index (χ3n) is 0.721. The Bertz CT molecular complexity index is 211. The van der Waals surface area contributed by atoms with Crippen molar-refractivity contribution in [1.29, 1.82) is 0 Å². The van der Waals surface area contributed by atoms with Gasteiger partial charge in [0.25, 0.3) is 0 Å². The zero-order valence-electron chi connectivity index (χ0n) is 3.98. The van der Waals surface area contributed by atoms with Crippen molar-refractivity contribution in [3.05, 3.63) is 13.9 Å². The van der Waals surface area contributed by atoms with E-state index >= 15 is 0 Å². The molecular weight excluding hydrogens is 320 g/mol. The average Bonchev–Trinajstić information content (AvgIpc) is 1.98. The van der Waals surface area contributed by atoms with E-state index < -0.39 is 0 Å². The molecule has 0 aliphatic carbocycles. The minimum atomic E-state index is 0.362. The summed E-state index contributed by atoms with van der Waals surface area (Å²) < 4.78 is 2.30. The van der Waals surface area contributed by atoms with Crippen molar-refractivity contribution in [3.63, 3.8) is 0 Å². The first-order chi connectivity index (χ1) is 4.13. The molecule has 50 valence electrons. The van der Waals surface area contributed by atoms with Crippen LogP contribution in [-0.4, -0.2) is 14.9 Å². The molecule has 0 aliphatic rings. The Balaban J connectivity index is 3.29. The summed E-state index contributed by atoms with van der Waals surface area (Å²) in [6.45, 7) is 0. The highest BCUT2D eigenvalue weighted by Crippen LogP contribution is 2.24. The highest BCUT2D eigenvalue weighted by Gasteiger charge is 2.08. The van der Waals surface area contributed by atoms with Gasteiger partial charge in [-0.15, -0.1) is 0 Å². The largest absolute Gasteiger partial charge is 0.425 e. The zero-order valence-corrected chi connectivity index (χ0v) is 8.73. The molecule has 3 nitrogen and oxygen atoms in total. The maximum atomic E-state index is 8.96. The van der Waals surface area contributed by atoms with Crippen LogP contribution < -0.4 is 0 Å². The van der Waals surface area contributed by atoms with Gasteiger partial charge in [-0.2, -0.15) is 4.73 Å². The molecular formula is C3HBr3N2O. The van der Waals surface area contributed by atoms with Crippen LogP contribution in [0.2, 0.25) is 0 Å². The van der Waals surface area contributed by atoms with Gasteiger partial charge in [0.2, 0.25) is 4.73 Å². The molecule has 1 rings (SSSR count). The normalized spacial score (nSPS) is 10.1. The molecule has 0 saturated heterocycles. The number of rotatable bonds is 0. The predicted molar refractivity (Wildman–Crippen MR) is 42.5 cm³/mol. The van der Waals surface area contributed by atoms with Crippen LogP contribution in [0.3, 0.4) is 0 Å².